The number of hydrogen-bond acceptors (Lipinski definition) is 6. The molecule has 0 aliphatic heterocycles. The van der Waals surface area contributed by atoms with Crippen molar-refractivity contribution in [3.8, 4) is 11.1 Å². The Hall–Kier alpha value is -3.68. The molecular formula is C28H29FN2O4. The van der Waals surface area contributed by atoms with Gasteiger partial charge in [0.1, 0.15) is 17.5 Å². The molecule has 3 aromatic carbocycles. The average Bonchev–Trinajstić information content (AvgIpc) is 3.32. The Morgan fingerprint density at radius 3 is 2.69 bits per heavy atom. The number of ether oxygens (including phenoxy) is 2. The van der Waals surface area contributed by atoms with E-state index in [0.717, 1.165) is 22.2 Å². The van der Waals surface area contributed by atoms with Crippen molar-refractivity contribution in [2.24, 2.45) is 5.73 Å². The number of benzene rings is 3. The van der Waals surface area contributed by atoms with Gasteiger partial charge in [-0.3, -0.25) is 4.79 Å². The van der Waals surface area contributed by atoms with Crippen molar-refractivity contribution in [2.75, 3.05) is 19.0 Å². The van der Waals surface area contributed by atoms with Gasteiger partial charge in [-0.15, -0.1) is 0 Å². The Morgan fingerprint density at radius 2 is 1.89 bits per heavy atom. The van der Waals surface area contributed by atoms with Gasteiger partial charge in [-0.25, -0.2) is 4.39 Å². The zero-order valence-electron chi connectivity index (χ0n) is 19.8. The highest BCUT2D eigenvalue weighted by molar-refractivity contribution is 5.93. The topological polar surface area (TPSA) is 86.7 Å². The lowest BCUT2D eigenvalue weighted by atomic mass is 9.98. The molecule has 0 aliphatic carbocycles. The van der Waals surface area contributed by atoms with Gasteiger partial charge in [-0.05, 0) is 42.3 Å². The van der Waals surface area contributed by atoms with Crippen LogP contribution >= 0.6 is 0 Å². The fraction of sp³-hybridized carbons (Fsp3) is 0.250. The minimum atomic E-state index is -0.343. The van der Waals surface area contributed by atoms with Crippen LogP contribution in [0.1, 0.15) is 23.6 Å². The van der Waals surface area contributed by atoms with Gasteiger partial charge in [0, 0.05) is 48.0 Å². The van der Waals surface area contributed by atoms with Crippen molar-refractivity contribution in [3.05, 3.63) is 89.4 Å². The lowest BCUT2D eigenvalue weighted by Gasteiger charge is -2.15. The molecule has 6 nitrogen and oxygen atoms in total. The third-order valence-corrected chi connectivity index (χ3v) is 5.77. The minimum Gasteiger partial charge on any atom is -0.464 e. The van der Waals surface area contributed by atoms with E-state index >= 15 is 4.39 Å². The summed E-state index contributed by atoms with van der Waals surface area (Å²) in [6.07, 6.45) is 1.42. The van der Waals surface area contributed by atoms with Gasteiger partial charge in [0.2, 0.25) is 0 Å². The van der Waals surface area contributed by atoms with E-state index in [1.54, 1.807) is 38.5 Å². The van der Waals surface area contributed by atoms with Crippen LogP contribution in [-0.4, -0.2) is 25.8 Å². The van der Waals surface area contributed by atoms with Crippen LogP contribution in [0.25, 0.3) is 22.1 Å². The van der Waals surface area contributed by atoms with Gasteiger partial charge < -0.3 is 24.9 Å². The van der Waals surface area contributed by atoms with E-state index in [0.29, 0.717) is 35.4 Å². The third-order valence-electron chi connectivity index (χ3n) is 5.77. The summed E-state index contributed by atoms with van der Waals surface area (Å²) in [5.74, 6) is -0.662. The number of halogens is 1. The van der Waals surface area contributed by atoms with E-state index in [1.807, 2.05) is 42.5 Å². The van der Waals surface area contributed by atoms with Crippen molar-refractivity contribution < 1.29 is 23.1 Å². The van der Waals surface area contributed by atoms with E-state index in [-0.39, 0.29) is 30.9 Å². The number of nitrogens with one attached hydrogen (secondary N) is 1. The average molecular weight is 477 g/mol. The van der Waals surface area contributed by atoms with E-state index in [1.165, 1.54) is 0 Å². The van der Waals surface area contributed by atoms with Crippen LogP contribution in [0.5, 0.6) is 0 Å². The molecule has 182 valence electrons. The number of nitrogens with two attached hydrogens (primary N) is 1. The quantitative estimate of drug-likeness (QED) is 0.297. The van der Waals surface area contributed by atoms with Gasteiger partial charge in [0.05, 0.1) is 19.3 Å². The summed E-state index contributed by atoms with van der Waals surface area (Å²) in [6.45, 7) is 2.73. The molecule has 0 radical (unpaired) electrons. The molecule has 1 heterocycles. The van der Waals surface area contributed by atoms with Crippen molar-refractivity contribution in [1.82, 2.24) is 0 Å². The Morgan fingerprint density at radius 1 is 1.09 bits per heavy atom. The minimum absolute atomic E-state index is 0.117. The SMILES string of the molecule is COCC(C)OC(=O)Cc1ccccc1NCc1cc(-c2cccc(CN)c2F)c2occc2c1. The fourth-order valence-corrected chi connectivity index (χ4v) is 4.13. The van der Waals surface area contributed by atoms with Crippen LogP contribution in [-0.2, 0) is 33.8 Å². The van der Waals surface area contributed by atoms with Crippen molar-refractivity contribution >= 4 is 22.6 Å². The molecule has 7 heteroatoms. The first-order chi connectivity index (χ1) is 17.0. The number of rotatable bonds is 10. The van der Waals surface area contributed by atoms with Crippen molar-refractivity contribution in [3.63, 3.8) is 0 Å². The largest absolute Gasteiger partial charge is 0.464 e. The monoisotopic (exact) mass is 476 g/mol. The molecule has 0 saturated heterocycles. The zero-order chi connectivity index (χ0) is 24.8. The highest BCUT2D eigenvalue weighted by atomic mass is 19.1. The van der Waals surface area contributed by atoms with Crippen LogP contribution in [0, 0.1) is 5.82 Å². The summed E-state index contributed by atoms with van der Waals surface area (Å²) in [4.78, 5) is 12.4. The molecule has 0 amide bonds. The van der Waals surface area contributed by atoms with E-state index in [2.05, 4.69) is 5.32 Å². The molecular weight excluding hydrogens is 447 g/mol. The summed E-state index contributed by atoms with van der Waals surface area (Å²) < 4.78 is 31.2. The predicted octanol–water partition coefficient (Wildman–Crippen LogP) is 5.43. The maximum absolute atomic E-state index is 15.1. The molecule has 0 spiro atoms. The van der Waals surface area contributed by atoms with Crippen molar-refractivity contribution in [1.29, 1.82) is 0 Å². The Bertz CT molecular complexity index is 1320. The van der Waals surface area contributed by atoms with Gasteiger partial charge in [-0.1, -0.05) is 36.4 Å². The number of carbonyl (C=O) groups is 1. The fourth-order valence-electron chi connectivity index (χ4n) is 4.13. The van der Waals surface area contributed by atoms with Gasteiger partial charge in [-0.2, -0.15) is 0 Å². The summed E-state index contributed by atoms with van der Waals surface area (Å²) in [5.41, 5.74) is 10.5. The first kappa shape index (κ1) is 24.4. The van der Waals surface area contributed by atoms with Gasteiger partial charge in [0.15, 0.2) is 0 Å². The molecule has 1 aromatic heterocycles. The van der Waals surface area contributed by atoms with Crippen LogP contribution in [0.15, 0.2) is 71.3 Å². The standard InChI is InChI=1S/C28H29FN2O4/c1-18(17-33-2)35-26(32)14-20-6-3-4-9-25(20)31-16-19-12-21-10-11-34-28(21)24(13-19)23-8-5-7-22(15-30)27(23)29/h3-13,18,31H,14-17,30H2,1-2H3. The molecule has 4 aromatic rings. The van der Waals surface area contributed by atoms with Crippen LogP contribution in [0.4, 0.5) is 10.1 Å². The summed E-state index contributed by atoms with van der Waals surface area (Å²) in [5, 5.41) is 4.29. The van der Waals surface area contributed by atoms with E-state index < -0.39 is 0 Å². The Labute approximate surface area is 203 Å². The number of methoxy groups -OCH3 is 1. The van der Waals surface area contributed by atoms with Crippen LogP contribution in [0.2, 0.25) is 0 Å². The molecule has 35 heavy (non-hydrogen) atoms. The molecule has 4 rings (SSSR count). The lowest BCUT2D eigenvalue weighted by Crippen LogP contribution is -2.21. The number of para-hydroxylation sites is 1. The second-order valence-electron chi connectivity index (χ2n) is 8.41. The van der Waals surface area contributed by atoms with Gasteiger partial charge >= 0.3 is 5.97 Å². The van der Waals surface area contributed by atoms with Crippen LogP contribution in [0.3, 0.4) is 0 Å². The van der Waals surface area contributed by atoms with Crippen LogP contribution < -0.4 is 11.1 Å². The van der Waals surface area contributed by atoms with E-state index in [4.69, 9.17) is 19.6 Å². The molecule has 1 atom stereocenters. The maximum atomic E-state index is 15.1. The molecule has 0 aliphatic rings. The summed E-state index contributed by atoms with van der Waals surface area (Å²) in [7, 11) is 1.57. The Balaban J connectivity index is 1.57. The second-order valence-corrected chi connectivity index (χ2v) is 8.41. The highest BCUT2D eigenvalue weighted by Gasteiger charge is 2.16. The normalized spacial score (nSPS) is 12.0. The molecule has 0 saturated carbocycles. The predicted molar refractivity (Wildman–Crippen MR) is 134 cm³/mol. The number of esters is 1. The molecule has 1 unspecified atom stereocenters. The summed E-state index contributed by atoms with van der Waals surface area (Å²) >= 11 is 0. The lowest BCUT2D eigenvalue weighted by molar-refractivity contribution is -0.149. The molecule has 0 bridgehead atoms. The Kier molecular flexibility index (Phi) is 7.80. The third kappa shape index (κ3) is 5.70. The van der Waals surface area contributed by atoms with Gasteiger partial charge in [0.25, 0.3) is 0 Å². The number of anilines is 1. The van der Waals surface area contributed by atoms with E-state index in [9.17, 15) is 4.79 Å². The molecule has 0 fully saturated rings. The number of fused-ring (bicyclic) bond motifs is 1. The number of hydrogen-bond donors (Lipinski definition) is 2. The zero-order valence-corrected chi connectivity index (χ0v) is 19.8. The number of furan rings is 1. The number of carbonyl (C=O) groups excluding carboxylic acids is 1. The first-order valence-electron chi connectivity index (χ1n) is 11.5. The smallest absolute Gasteiger partial charge is 0.310 e. The molecule has 3 N–H and O–H groups in total. The highest BCUT2D eigenvalue weighted by Crippen LogP contribution is 2.34. The van der Waals surface area contributed by atoms with Crippen molar-refractivity contribution in [2.45, 2.75) is 32.5 Å². The second kappa shape index (κ2) is 11.2. The first-order valence-corrected chi connectivity index (χ1v) is 11.5. The summed E-state index contributed by atoms with van der Waals surface area (Å²) in [6, 6.07) is 18.6. The maximum Gasteiger partial charge on any atom is 0.310 e.